The van der Waals surface area contributed by atoms with Gasteiger partial charge in [-0.2, -0.15) is 5.10 Å². The molecule has 8 heteroatoms. The average molecular weight is 524 g/mol. The molecule has 1 aromatic heterocycles. The smallest absolute Gasteiger partial charge is 0.230 e. The fraction of sp³-hybridized carbons (Fsp3) is 0.500. The molecule has 2 N–H and O–H groups in total. The maximum Gasteiger partial charge on any atom is 0.230 e. The third-order valence-corrected chi connectivity index (χ3v) is 5.44. The maximum atomic E-state index is 12.8. The molecule has 7 nitrogen and oxygen atoms in total. The van der Waals surface area contributed by atoms with E-state index in [1.165, 1.54) is 0 Å². The minimum Gasteiger partial charge on any atom is -0.357 e. The number of aliphatic imine (C=N–C) groups is 1. The molecule has 0 radical (unpaired) electrons. The highest BCUT2D eigenvalue weighted by Gasteiger charge is 2.42. The van der Waals surface area contributed by atoms with E-state index in [1.807, 2.05) is 68.4 Å². The lowest BCUT2D eigenvalue weighted by atomic mass is 9.84. The zero-order valence-corrected chi connectivity index (χ0v) is 20.4. The van der Waals surface area contributed by atoms with E-state index >= 15 is 0 Å². The number of hydrogen-bond donors (Lipinski definition) is 2. The summed E-state index contributed by atoms with van der Waals surface area (Å²) >= 11 is 0. The number of benzene rings is 1. The third-order valence-electron chi connectivity index (χ3n) is 5.44. The second kappa shape index (κ2) is 11.3. The summed E-state index contributed by atoms with van der Waals surface area (Å²) in [5.41, 5.74) is 1.74. The Bertz CT molecular complexity index is 827. The van der Waals surface area contributed by atoms with Crippen molar-refractivity contribution in [1.82, 2.24) is 25.3 Å². The van der Waals surface area contributed by atoms with Gasteiger partial charge in [-0.3, -0.25) is 4.79 Å². The van der Waals surface area contributed by atoms with Gasteiger partial charge in [0.2, 0.25) is 5.91 Å². The zero-order valence-electron chi connectivity index (χ0n) is 18.1. The van der Waals surface area contributed by atoms with Crippen molar-refractivity contribution in [2.24, 2.45) is 10.4 Å². The number of para-hydroxylation sites is 1. The van der Waals surface area contributed by atoms with Crippen LogP contribution in [0.3, 0.4) is 0 Å². The first kappa shape index (κ1) is 24.2. The lowest BCUT2D eigenvalue weighted by Crippen LogP contribution is -2.49. The van der Waals surface area contributed by atoms with Gasteiger partial charge in [-0.15, -0.1) is 24.0 Å². The van der Waals surface area contributed by atoms with Crippen molar-refractivity contribution in [3.63, 3.8) is 0 Å². The summed E-state index contributed by atoms with van der Waals surface area (Å²) in [5.74, 6) is 0.945. The van der Waals surface area contributed by atoms with Crippen LogP contribution in [-0.4, -0.2) is 53.7 Å². The largest absolute Gasteiger partial charge is 0.357 e. The summed E-state index contributed by atoms with van der Waals surface area (Å²) in [4.78, 5) is 19.2. The van der Waals surface area contributed by atoms with E-state index in [-0.39, 0.29) is 35.3 Å². The van der Waals surface area contributed by atoms with Gasteiger partial charge in [-0.25, -0.2) is 9.67 Å². The van der Waals surface area contributed by atoms with Gasteiger partial charge in [0.1, 0.15) is 0 Å². The van der Waals surface area contributed by atoms with Crippen LogP contribution in [0.4, 0.5) is 0 Å². The summed E-state index contributed by atoms with van der Waals surface area (Å²) < 4.78 is 1.86. The fourth-order valence-corrected chi connectivity index (χ4v) is 3.92. The molecular weight excluding hydrogens is 491 g/mol. The minimum atomic E-state index is -0.322. The van der Waals surface area contributed by atoms with Crippen LogP contribution in [0.15, 0.2) is 47.7 Å². The van der Waals surface area contributed by atoms with E-state index in [0.717, 1.165) is 49.4 Å². The normalized spacial score (nSPS) is 15.4. The van der Waals surface area contributed by atoms with Gasteiger partial charge in [-0.1, -0.05) is 31.0 Å². The van der Waals surface area contributed by atoms with Gasteiger partial charge >= 0.3 is 0 Å². The van der Waals surface area contributed by atoms with Crippen molar-refractivity contribution in [3.8, 4) is 5.69 Å². The molecule has 1 fully saturated rings. The van der Waals surface area contributed by atoms with Crippen LogP contribution < -0.4 is 10.6 Å². The monoisotopic (exact) mass is 524 g/mol. The fourth-order valence-electron chi connectivity index (χ4n) is 3.92. The van der Waals surface area contributed by atoms with E-state index in [4.69, 9.17) is 4.99 Å². The van der Waals surface area contributed by atoms with E-state index < -0.39 is 0 Å². The Morgan fingerprint density at radius 1 is 1.20 bits per heavy atom. The van der Waals surface area contributed by atoms with E-state index in [1.54, 1.807) is 4.90 Å². The molecule has 0 unspecified atom stereocenters. The molecule has 0 saturated heterocycles. The number of hydrogen-bond acceptors (Lipinski definition) is 3. The van der Waals surface area contributed by atoms with Gasteiger partial charge in [-0.05, 0) is 31.9 Å². The Hall–Kier alpha value is -2.10. The first-order chi connectivity index (χ1) is 14.0. The van der Waals surface area contributed by atoms with Crippen molar-refractivity contribution in [2.75, 3.05) is 27.2 Å². The number of guanidine groups is 1. The maximum absolute atomic E-state index is 12.8. The van der Waals surface area contributed by atoms with Crippen molar-refractivity contribution < 1.29 is 4.79 Å². The molecule has 2 aromatic rings. The Labute approximate surface area is 196 Å². The van der Waals surface area contributed by atoms with Crippen LogP contribution in [0.1, 0.15) is 38.2 Å². The molecule has 0 aliphatic heterocycles. The number of nitrogens with zero attached hydrogens (tertiary/aromatic N) is 4. The minimum absolute atomic E-state index is 0. The highest BCUT2D eigenvalue weighted by atomic mass is 127. The average Bonchev–Trinajstić information content (AvgIpc) is 3.40. The number of aromatic nitrogens is 2. The Morgan fingerprint density at radius 3 is 2.53 bits per heavy atom. The van der Waals surface area contributed by atoms with E-state index in [2.05, 4.69) is 15.7 Å². The third kappa shape index (κ3) is 5.96. The second-order valence-electron chi connectivity index (χ2n) is 7.86. The summed E-state index contributed by atoms with van der Waals surface area (Å²) in [6.07, 6.45) is 7.91. The van der Waals surface area contributed by atoms with Crippen molar-refractivity contribution in [3.05, 3.63) is 48.3 Å². The predicted molar refractivity (Wildman–Crippen MR) is 131 cm³/mol. The molecule has 1 heterocycles. The van der Waals surface area contributed by atoms with Gasteiger partial charge in [0.05, 0.1) is 23.8 Å². The predicted octanol–water partition coefficient (Wildman–Crippen LogP) is 3.19. The van der Waals surface area contributed by atoms with Crippen molar-refractivity contribution >= 4 is 35.8 Å². The molecule has 1 amide bonds. The molecule has 164 valence electrons. The number of amides is 1. The van der Waals surface area contributed by atoms with E-state index in [9.17, 15) is 4.79 Å². The van der Waals surface area contributed by atoms with Crippen LogP contribution in [0, 0.1) is 5.41 Å². The molecule has 0 atom stereocenters. The quantitative estimate of drug-likeness (QED) is 0.332. The van der Waals surface area contributed by atoms with Gasteiger partial charge in [0.25, 0.3) is 0 Å². The standard InChI is InChI=1S/C22H32N6O.HI/c1-4-23-21(25-17-22(12-8-9-13-22)20(29)27(2)3)24-14-18-15-26-28(16-18)19-10-6-5-7-11-19;/h5-7,10-11,15-16H,4,8-9,12-14,17H2,1-3H3,(H2,23,24,25);1H. The lowest BCUT2D eigenvalue weighted by Gasteiger charge is -2.31. The molecular formula is C22H33IN6O. The SMILES string of the molecule is CCNC(=NCc1cnn(-c2ccccc2)c1)NCC1(C(=O)N(C)C)CCCC1.I. The van der Waals surface area contributed by atoms with Gasteiger partial charge in [0.15, 0.2) is 5.96 Å². The molecule has 1 aliphatic rings. The summed E-state index contributed by atoms with van der Waals surface area (Å²) in [6, 6.07) is 10.0. The van der Waals surface area contributed by atoms with Gasteiger partial charge < -0.3 is 15.5 Å². The Morgan fingerprint density at radius 2 is 1.90 bits per heavy atom. The molecule has 1 saturated carbocycles. The molecule has 0 bridgehead atoms. The highest BCUT2D eigenvalue weighted by Crippen LogP contribution is 2.38. The lowest BCUT2D eigenvalue weighted by molar-refractivity contribution is -0.138. The van der Waals surface area contributed by atoms with Crippen LogP contribution in [0.5, 0.6) is 0 Å². The highest BCUT2D eigenvalue weighted by molar-refractivity contribution is 14.0. The molecule has 30 heavy (non-hydrogen) atoms. The van der Waals surface area contributed by atoms with Crippen LogP contribution >= 0.6 is 24.0 Å². The zero-order chi connectivity index (χ0) is 20.7. The number of nitrogens with one attached hydrogen (secondary N) is 2. The van der Waals surface area contributed by atoms with E-state index in [0.29, 0.717) is 13.1 Å². The second-order valence-corrected chi connectivity index (χ2v) is 7.86. The Kier molecular flexibility index (Phi) is 9.13. The number of carbonyl (C=O) groups excluding carboxylic acids is 1. The molecule has 1 aliphatic carbocycles. The van der Waals surface area contributed by atoms with Gasteiger partial charge in [0, 0.05) is 38.9 Å². The molecule has 3 rings (SSSR count). The van der Waals surface area contributed by atoms with Crippen molar-refractivity contribution in [2.45, 2.75) is 39.2 Å². The van der Waals surface area contributed by atoms with Crippen LogP contribution in [-0.2, 0) is 11.3 Å². The Balaban J connectivity index is 0.00000320. The van der Waals surface area contributed by atoms with Crippen LogP contribution in [0.2, 0.25) is 0 Å². The van der Waals surface area contributed by atoms with Crippen molar-refractivity contribution in [1.29, 1.82) is 0 Å². The first-order valence-corrected chi connectivity index (χ1v) is 10.4. The number of rotatable bonds is 7. The van der Waals surface area contributed by atoms with Crippen LogP contribution in [0.25, 0.3) is 5.69 Å². The summed E-state index contributed by atoms with van der Waals surface area (Å²) in [6.45, 7) is 3.95. The topological polar surface area (TPSA) is 74.5 Å². The molecule has 1 aromatic carbocycles. The first-order valence-electron chi connectivity index (χ1n) is 10.4. The number of halogens is 1. The summed E-state index contributed by atoms with van der Waals surface area (Å²) in [5, 5.41) is 11.1. The summed E-state index contributed by atoms with van der Waals surface area (Å²) in [7, 11) is 3.68. The number of carbonyl (C=O) groups is 1. The molecule has 0 spiro atoms.